The van der Waals surface area contributed by atoms with E-state index in [0.29, 0.717) is 0 Å². The number of nitrogens with zero attached hydrogens (tertiary/aromatic N) is 1. The van der Waals surface area contributed by atoms with Crippen LogP contribution in [0.1, 0.15) is 32.8 Å². The number of ether oxygens (including phenoxy) is 2. The number of carbonyl (C=O) groups is 1. The zero-order valence-corrected chi connectivity index (χ0v) is 15.8. The Labute approximate surface area is 146 Å². The molecule has 1 heterocycles. The fourth-order valence-electron chi connectivity index (χ4n) is 2.61. The summed E-state index contributed by atoms with van der Waals surface area (Å²) in [6.45, 7) is 8.20. The Morgan fingerprint density at radius 3 is 2.83 bits per heavy atom. The van der Waals surface area contributed by atoms with Gasteiger partial charge in [0.1, 0.15) is 11.4 Å². The van der Waals surface area contributed by atoms with Crippen molar-refractivity contribution < 1.29 is 14.3 Å². The summed E-state index contributed by atoms with van der Waals surface area (Å²) < 4.78 is 11.7. The molecule has 0 aliphatic carbocycles. The van der Waals surface area contributed by atoms with Crippen molar-refractivity contribution in [3.8, 4) is 5.75 Å². The molecular formula is C17H25BrN2O3. The van der Waals surface area contributed by atoms with Gasteiger partial charge in [0.2, 0.25) is 0 Å². The van der Waals surface area contributed by atoms with E-state index in [1.54, 1.807) is 7.11 Å². The fraction of sp³-hybridized carbons (Fsp3) is 0.588. The van der Waals surface area contributed by atoms with E-state index in [0.717, 1.165) is 36.3 Å². The second kappa shape index (κ2) is 7.53. The first kappa shape index (κ1) is 18.1. The summed E-state index contributed by atoms with van der Waals surface area (Å²) in [5.74, 6) is 0.853. The van der Waals surface area contributed by atoms with Crippen molar-refractivity contribution >= 4 is 22.0 Å². The van der Waals surface area contributed by atoms with Crippen LogP contribution in [0.5, 0.6) is 5.75 Å². The molecule has 0 radical (unpaired) electrons. The summed E-state index contributed by atoms with van der Waals surface area (Å²) in [6.07, 6.45) is 0.591. The first-order chi connectivity index (χ1) is 10.8. The Morgan fingerprint density at radius 1 is 1.43 bits per heavy atom. The second-order valence-corrected chi connectivity index (χ2v) is 7.68. The third-order valence-electron chi connectivity index (χ3n) is 3.64. The van der Waals surface area contributed by atoms with Crippen molar-refractivity contribution in [3.63, 3.8) is 0 Å². The average Bonchev–Trinajstić information content (AvgIpc) is 2.86. The van der Waals surface area contributed by atoms with Gasteiger partial charge in [-0.1, -0.05) is 15.9 Å². The van der Waals surface area contributed by atoms with Gasteiger partial charge in [-0.05, 0) is 51.0 Å². The normalized spacial score (nSPS) is 18.7. The summed E-state index contributed by atoms with van der Waals surface area (Å²) in [5.41, 5.74) is 0.718. The molecule has 1 aliphatic rings. The number of halogens is 1. The highest BCUT2D eigenvalue weighted by Crippen LogP contribution is 2.25. The van der Waals surface area contributed by atoms with Gasteiger partial charge in [0, 0.05) is 30.1 Å². The lowest BCUT2D eigenvalue weighted by atomic mass is 10.2. The van der Waals surface area contributed by atoms with Crippen molar-refractivity contribution in [2.75, 3.05) is 20.2 Å². The minimum Gasteiger partial charge on any atom is -0.497 e. The zero-order chi connectivity index (χ0) is 17.0. The molecule has 1 atom stereocenters. The monoisotopic (exact) mass is 384 g/mol. The summed E-state index contributed by atoms with van der Waals surface area (Å²) in [5, 5.41) is 2.95. The lowest BCUT2D eigenvalue weighted by Gasteiger charge is -2.22. The minimum absolute atomic E-state index is 0.134. The summed E-state index contributed by atoms with van der Waals surface area (Å²) in [7, 11) is 1.67. The Balaban J connectivity index is 1.87. The van der Waals surface area contributed by atoms with Crippen LogP contribution in [0.25, 0.3) is 0 Å². The molecule has 23 heavy (non-hydrogen) atoms. The number of carbonyl (C=O) groups excluding carboxylic acids is 1. The summed E-state index contributed by atoms with van der Waals surface area (Å²) >= 11 is 3.58. The van der Waals surface area contributed by atoms with E-state index < -0.39 is 5.60 Å². The Hall–Kier alpha value is -1.27. The van der Waals surface area contributed by atoms with Crippen molar-refractivity contribution in [1.29, 1.82) is 0 Å². The molecule has 0 spiro atoms. The predicted molar refractivity (Wildman–Crippen MR) is 93.7 cm³/mol. The lowest BCUT2D eigenvalue weighted by Crippen LogP contribution is -2.40. The summed E-state index contributed by atoms with van der Waals surface area (Å²) in [4.78, 5) is 14.2. The first-order valence-corrected chi connectivity index (χ1v) is 8.60. The molecule has 1 N–H and O–H groups in total. The zero-order valence-electron chi connectivity index (χ0n) is 14.2. The number of alkyl carbamates (subject to hydrolysis) is 1. The molecule has 5 nitrogen and oxygen atoms in total. The van der Waals surface area contributed by atoms with E-state index >= 15 is 0 Å². The number of hydrogen-bond donors (Lipinski definition) is 1. The van der Waals surface area contributed by atoms with Gasteiger partial charge < -0.3 is 14.8 Å². The maximum absolute atomic E-state index is 11.8. The number of likely N-dealkylation sites (tertiary alicyclic amines) is 1. The third kappa shape index (κ3) is 5.70. The molecule has 0 bridgehead atoms. The number of hydrogen-bond acceptors (Lipinski definition) is 4. The van der Waals surface area contributed by atoms with Crippen LogP contribution >= 0.6 is 15.9 Å². The van der Waals surface area contributed by atoms with Crippen LogP contribution in [-0.2, 0) is 11.3 Å². The maximum atomic E-state index is 11.8. The molecule has 1 saturated heterocycles. The van der Waals surface area contributed by atoms with Crippen LogP contribution in [0.2, 0.25) is 0 Å². The van der Waals surface area contributed by atoms with Gasteiger partial charge >= 0.3 is 6.09 Å². The largest absolute Gasteiger partial charge is 0.497 e. The van der Waals surface area contributed by atoms with Gasteiger partial charge in [-0.3, -0.25) is 4.90 Å². The molecule has 128 valence electrons. The molecule has 1 unspecified atom stereocenters. The molecule has 1 aromatic rings. The van der Waals surface area contributed by atoms with Gasteiger partial charge in [0.25, 0.3) is 0 Å². The van der Waals surface area contributed by atoms with Crippen molar-refractivity contribution in [2.45, 2.75) is 45.4 Å². The van der Waals surface area contributed by atoms with Gasteiger partial charge in [-0.15, -0.1) is 0 Å². The maximum Gasteiger partial charge on any atom is 0.407 e. The Bertz CT molecular complexity index is 557. The molecule has 1 aromatic carbocycles. The molecule has 1 amide bonds. The van der Waals surface area contributed by atoms with E-state index in [2.05, 4.69) is 26.1 Å². The van der Waals surface area contributed by atoms with E-state index in [4.69, 9.17) is 9.47 Å². The first-order valence-electron chi connectivity index (χ1n) is 7.81. The third-order valence-corrected chi connectivity index (χ3v) is 4.41. The smallest absolute Gasteiger partial charge is 0.407 e. The number of methoxy groups -OCH3 is 1. The lowest BCUT2D eigenvalue weighted by molar-refractivity contribution is 0.0506. The van der Waals surface area contributed by atoms with Crippen LogP contribution in [-0.4, -0.2) is 42.8 Å². The van der Waals surface area contributed by atoms with Gasteiger partial charge in [0.15, 0.2) is 0 Å². The molecule has 6 heteroatoms. The van der Waals surface area contributed by atoms with Gasteiger partial charge in [-0.2, -0.15) is 0 Å². The average molecular weight is 385 g/mol. The van der Waals surface area contributed by atoms with Crippen LogP contribution < -0.4 is 10.1 Å². The van der Waals surface area contributed by atoms with E-state index in [9.17, 15) is 4.79 Å². The van der Waals surface area contributed by atoms with E-state index in [1.807, 2.05) is 39.0 Å². The Morgan fingerprint density at radius 2 is 2.17 bits per heavy atom. The molecule has 2 rings (SSSR count). The number of nitrogens with one attached hydrogen (secondary N) is 1. The van der Waals surface area contributed by atoms with Crippen molar-refractivity contribution in [3.05, 3.63) is 28.2 Å². The van der Waals surface area contributed by atoms with Crippen LogP contribution in [0.3, 0.4) is 0 Å². The molecule has 1 aliphatic heterocycles. The minimum atomic E-state index is -0.464. The highest BCUT2D eigenvalue weighted by molar-refractivity contribution is 9.10. The molecule has 1 fully saturated rings. The number of benzene rings is 1. The number of amides is 1. The van der Waals surface area contributed by atoms with E-state index in [-0.39, 0.29) is 12.1 Å². The highest BCUT2D eigenvalue weighted by Gasteiger charge is 2.26. The van der Waals surface area contributed by atoms with E-state index in [1.165, 1.54) is 5.56 Å². The van der Waals surface area contributed by atoms with Crippen LogP contribution in [0, 0.1) is 0 Å². The molecule has 0 saturated carbocycles. The van der Waals surface area contributed by atoms with Crippen molar-refractivity contribution in [1.82, 2.24) is 10.2 Å². The van der Waals surface area contributed by atoms with Gasteiger partial charge in [0.05, 0.1) is 7.11 Å². The summed E-state index contributed by atoms with van der Waals surface area (Å²) in [6, 6.07) is 6.11. The highest BCUT2D eigenvalue weighted by atomic mass is 79.9. The van der Waals surface area contributed by atoms with Gasteiger partial charge in [-0.25, -0.2) is 4.79 Å². The van der Waals surface area contributed by atoms with Crippen LogP contribution in [0.15, 0.2) is 22.7 Å². The molecular weight excluding hydrogens is 360 g/mol. The topological polar surface area (TPSA) is 50.8 Å². The number of rotatable bonds is 4. The second-order valence-electron chi connectivity index (χ2n) is 6.82. The van der Waals surface area contributed by atoms with Crippen LogP contribution in [0.4, 0.5) is 4.79 Å². The molecule has 0 aromatic heterocycles. The standard InChI is InChI=1S/C17H25BrN2O3/c1-17(2,3)23-16(21)19-13-7-8-20(11-13)10-12-9-14(22-4)5-6-15(12)18/h5-6,9,13H,7-8,10-11H2,1-4H3,(H,19,21). The fourth-order valence-corrected chi connectivity index (χ4v) is 2.98. The SMILES string of the molecule is COc1ccc(Br)c(CN2CCC(NC(=O)OC(C)(C)C)C2)c1. The van der Waals surface area contributed by atoms with Crippen molar-refractivity contribution in [2.24, 2.45) is 0 Å². The predicted octanol–water partition coefficient (Wildman–Crippen LogP) is 3.56. The quantitative estimate of drug-likeness (QED) is 0.861. The Kier molecular flexibility index (Phi) is 5.92.